The minimum Gasteiger partial charge on any atom is -0.373 e. The highest BCUT2D eigenvalue weighted by atomic mass is 16.5. The van der Waals surface area contributed by atoms with Crippen LogP contribution in [0.15, 0.2) is 0 Å². The van der Waals surface area contributed by atoms with Crippen molar-refractivity contribution in [3.63, 3.8) is 0 Å². The molecule has 1 rings (SSSR count). The fraction of sp³-hybridized carbons (Fsp3) is 0.769. The van der Waals surface area contributed by atoms with Gasteiger partial charge in [-0.25, -0.2) is 4.98 Å². The normalized spacial score (nSPS) is 14.6. The number of nitrogen functional groups attached to an aromatic ring is 1. The van der Waals surface area contributed by atoms with Crippen LogP contribution in [0.4, 0.5) is 5.95 Å². The summed E-state index contributed by atoms with van der Waals surface area (Å²) in [6.45, 7) is 12.4. The second kappa shape index (κ2) is 4.80. The smallest absolute Gasteiger partial charge is 0.223 e. The van der Waals surface area contributed by atoms with E-state index in [0.29, 0.717) is 11.6 Å². The number of nitrogens with two attached hydrogens (primary N) is 1. The molecule has 0 bridgehead atoms. The van der Waals surface area contributed by atoms with E-state index in [9.17, 15) is 0 Å². The van der Waals surface area contributed by atoms with Gasteiger partial charge < -0.3 is 10.5 Å². The van der Waals surface area contributed by atoms with Crippen molar-refractivity contribution in [2.45, 2.75) is 53.1 Å². The average Bonchev–Trinajstić information content (AvgIpc) is 2.13. The first-order chi connectivity index (χ1) is 8.05. The molecule has 0 aliphatic rings. The predicted molar refractivity (Wildman–Crippen MR) is 72.1 cm³/mol. The van der Waals surface area contributed by atoms with Crippen LogP contribution < -0.4 is 5.73 Å². The van der Waals surface area contributed by atoms with Gasteiger partial charge in [0.25, 0.3) is 0 Å². The highest BCUT2D eigenvalue weighted by Gasteiger charge is 2.30. The van der Waals surface area contributed by atoms with E-state index in [1.807, 2.05) is 20.8 Å². The van der Waals surface area contributed by atoms with Gasteiger partial charge in [-0.2, -0.15) is 9.97 Å². The molecule has 0 amide bonds. The molecular formula is C13H24N4O. The Bertz CT molecular complexity index is 418. The summed E-state index contributed by atoms with van der Waals surface area (Å²) in [7, 11) is 1.66. The molecule has 5 nitrogen and oxygen atoms in total. The maximum absolute atomic E-state index is 5.77. The Hall–Kier alpha value is -1.23. The SMILES string of the molecule is COC(c1nc(N)nc(C(C)(C)C)n1)C(C)(C)C. The zero-order chi connectivity index (χ0) is 14.1. The molecule has 1 aromatic heterocycles. The Labute approximate surface area is 109 Å². The quantitative estimate of drug-likeness (QED) is 0.875. The number of aromatic nitrogens is 3. The molecular weight excluding hydrogens is 228 g/mol. The first kappa shape index (κ1) is 14.8. The third kappa shape index (κ3) is 3.38. The van der Waals surface area contributed by atoms with Crippen LogP contribution in [0.1, 0.15) is 59.3 Å². The van der Waals surface area contributed by atoms with Gasteiger partial charge >= 0.3 is 0 Å². The van der Waals surface area contributed by atoms with Crippen molar-refractivity contribution in [2.75, 3.05) is 12.8 Å². The number of anilines is 1. The Morgan fingerprint density at radius 1 is 1.00 bits per heavy atom. The van der Waals surface area contributed by atoms with E-state index < -0.39 is 0 Å². The predicted octanol–water partition coefficient (Wildman–Crippen LogP) is 2.48. The summed E-state index contributed by atoms with van der Waals surface area (Å²) in [6.07, 6.45) is -0.205. The van der Waals surface area contributed by atoms with Crippen molar-refractivity contribution in [2.24, 2.45) is 5.41 Å². The topological polar surface area (TPSA) is 73.9 Å². The van der Waals surface area contributed by atoms with Crippen LogP contribution in [0.3, 0.4) is 0 Å². The lowest BCUT2D eigenvalue weighted by Crippen LogP contribution is -2.26. The van der Waals surface area contributed by atoms with E-state index in [2.05, 4.69) is 35.7 Å². The number of hydrogen-bond acceptors (Lipinski definition) is 5. The number of ether oxygens (including phenoxy) is 1. The van der Waals surface area contributed by atoms with Crippen LogP contribution in [0, 0.1) is 5.41 Å². The van der Waals surface area contributed by atoms with Crippen molar-refractivity contribution >= 4 is 5.95 Å². The molecule has 0 radical (unpaired) electrons. The van der Waals surface area contributed by atoms with E-state index in [1.165, 1.54) is 0 Å². The Balaban J connectivity index is 3.29. The lowest BCUT2D eigenvalue weighted by atomic mass is 9.88. The molecule has 0 aliphatic heterocycles. The number of hydrogen-bond donors (Lipinski definition) is 1. The largest absolute Gasteiger partial charge is 0.373 e. The van der Waals surface area contributed by atoms with Crippen LogP contribution >= 0.6 is 0 Å². The molecule has 0 saturated carbocycles. The van der Waals surface area contributed by atoms with Crippen molar-refractivity contribution in [3.8, 4) is 0 Å². The summed E-state index contributed by atoms with van der Waals surface area (Å²) in [4.78, 5) is 12.9. The molecule has 2 N–H and O–H groups in total. The molecule has 0 spiro atoms. The highest BCUT2D eigenvalue weighted by molar-refractivity contribution is 5.20. The van der Waals surface area contributed by atoms with Gasteiger partial charge in [-0.15, -0.1) is 0 Å². The minimum atomic E-state index is -0.205. The van der Waals surface area contributed by atoms with Crippen LogP contribution in [0.5, 0.6) is 0 Å². The number of rotatable bonds is 2. The van der Waals surface area contributed by atoms with Crippen LogP contribution in [0.2, 0.25) is 0 Å². The first-order valence-corrected chi connectivity index (χ1v) is 6.10. The van der Waals surface area contributed by atoms with E-state index in [-0.39, 0.29) is 22.9 Å². The Morgan fingerprint density at radius 2 is 1.56 bits per heavy atom. The number of methoxy groups -OCH3 is 1. The van der Waals surface area contributed by atoms with Gasteiger partial charge in [0.05, 0.1) is 0 Å². The zero-order valence-electron chi connectivity index (χ0n) is 12.4. The number of nitrogens with zero attached hydrogens (tertiary/aromatic N) is 3. The van der Waals surface area contributed by atoms with E-state index in [1.54, 1.807) is 7.11 Å². The third-order valence-electron chi connectivity index (χ3n) is 2.60. The van der Waals surface area contributed by atoms with E-state index in [0.717, 1.165) is 0 Å². The molecule has 1 aromatic rings. The monoisotopic (exact) mass is 252 g/mol. The second-order valence-electron chi connectivity index (χ2n) is 6.61. The minimum absolute atomic E-state index is 0.0995. The molecule has 1 atom stereocenters. The lowest BCUT2D eigenvalue weighted by Gasteiger charge is -2.29. The molecule has 0 aliphatic carbocycles. The molecule has 18 heavy (non-hydrogen) atoms. The summed E-state index contributed by atoms with van der Waals surface area (Å²) in [5.74, 6) is 1.54. The molecule has 102 valence electrons. The van der Waals surface area contributed by atoms with Crippen molar-refractivity contribution < 1.29 is 4.74 Å². The van der Waals surface area contributed by atoms with Gasteiger partial charge in [0.2, 0.25) is 5.95 Å². The molecule has 0 fully saturated rings. The Kier molecular flexibility index (Phi) is 3.96. The molecule has 0 saturated heterocycles. The molecule has 1 unspecified atom stereocenters. The first-order valence-electron chi connectivity index (χ1n) is 6.10. The van der Waals surface area contributed by atoms with E-state index >= 15 is 0 Å². The summed E-state index contributed by atoms with van der Waals surface area (Å²) in [5, 5.41) is 0. The third-order valence-corrected chi connectivity index (χ3v) is 2.60. The fourth-order valence-electron chi connectivity index (χ4n) is 1.71. The average molecular weight is 252 g/mol. The maximum Gasteiger partial charge on any atom is 0.223 e. The van der Waals surface area contributed by atoms with Gasteiger partial charge in [-0.3, -0.25) is 0 Å². The van der Waals surface area contributed by atoms with Gasteiger partial charge in [-0.05, 0) is 5.41 Å². The van der Waals surface area contributed by atoms with Crippen LogP contribution in [-0.4, -0.2) is 22.1 Å². The fourth-order valence-corrected chi connectivity index (χ4v) is 1.71. The summed E-state index contributed by atoms with van der Waals surface area (Å²) < 4.78 is 5.52. The molecule has 5 heteroatoms. The maximum atomic E-state index is 5.77. The van der Waals surface area contributed by atoms with Gasteiger partial charge in [-0.1, -0.05) is 41.5 Å². The zero-order valence-corrected chi connectivity index (χ0v) is 12.4. The van der Waals surface area contributed by atoms with E-state index in [4.69, 9.17) is 10.5 Å². The lowest BCUT2D eigenvalue weighted by molar-refractivity contribution is 0.00830. The van der Waals surface area contributed by atoms with Crippen molar-refractivity contribution in [3.05, 3.63) is 11.6 Å². The van der Waals surface area contributed by atoms with Crippen LogP contribution in [0.25, 0.3) is 0 Å². The van der Waals surface area contributed by atoms with Gasteiger partial charge in [0.1, 0.15) is 11.9 Å². The van der Waals surface area contributed by atoms with Crippen molar-refractivity contribution in [1.29, 1.82) is 0 Å². The summed E-state index contributed by atoms with van der Waals surface area (Å²) in [6, 6.07) is 0. The molecule has 1 heterocycles. The summed E-state index contributed by atoms with van der Waals surface area (Å²) >= 11 is 0. The van der Waals surface area contributed by atoms with Gasteiger partial charge in [0, 0.05) is 12.5 Å². The van der Waals surface area contributed by atoms with Crippen LogP contribution in [-0.2, 0) is 10.2 Å². The molecule has 0 aromatic carbocycles. The van der Waals surface area contributed by atoms with Crippen molar-refractivity contribution in [1.82, 2.24) is 15.0 Å². The standard InChI is InChI=1S/C13H24N4O/c1-12(2,3)8(18-7)9-15-10(13(4,5)6)17-11(14)16-9/h8H,1-7H3,(H2,14,15,16,17). The second-order valence-corrected chi connectivity index (χ2v) is 6.61. The Morgan fingerprint density at radius 3 is 1.94 bits per heavy atom. The van der Waals surface area contributed by atoms with Gasteiger partial charge in [0.15, 0.2) is 5.82 Å². The summed E-state index contributed by atoms with van der Waals surface area (Å²) in [5.41, 5.74) is 5.51. The highest BCUT2D eigenvalue weighted by Crippen LogP contribution is 2.34.